The predicted molar refractivity (Wildman–Crippen MR) is 73.3 cm³/mol. The van der Waals surface area contributed by atoms with E-state index in [-0.39, 0.29) is 27.3 Å². The fraction of sp³-hybridized carbons (Fsp3) is 0.500. The Hall–Kier alpha value is -1.17. The topological polar surface area (TPSA) is 55.2 Å². The van der Waals surface area contributed by atoms with E-state index in [1.807, 2.05) is 27.7 Å². The Bertz CT molecular complexity index is 472. The minimum absolute atomic E-state index is 0.0308. The molecule has 0 aliphatic carbocycles. The van der Waals surface area contributed by atoms with E-state index in [2.05, 4.69) is 21.2 Å². The predicted octanol–water partition coefficient (Wildman–Crippen LogP) is 4.34. The molecule has 0 aliphatic rings. The lowest BCUT2D eigenvalue weighted by Gasteiger charge is -2.28. The lowest BCUT2D eigenvalue weighted by molar-refractivity contribution is -0.384. The number of hydrogen-bond acceptors (Lipinski definition) is 3. The Morgan fingerprint density at radius 1 is 1.44 bits per heavy atom. The van der Waals surface area contributed by atoms with Crippen LogP contribution < -0.4 is 5.32 Å². The summed E-state index contributed by atoms with van der Waals surface area (Å²) in [6.07, 6.45) is 0. The first-order chi connectivity index (χ1) is 8.12. The second-order valence-corrected chi connectivity index (χ2v) is 6.13. The minimum Gasteiger partial charge on any atom is -0.376 e. The molecule has 0 radical (unpaired) electrons. The van der Waals surface area contributed by atoms with Gasteiger partial charge >= 0.3 is 0 Å². The molecule has 0 aliphatic heterocycles. The quantitative estimate of drug-likeness (QED) is 0.666. The number of rotatable bonds is 3. The highest BCUT2D eigenvalue weighted by atomic mass is 79.9. The Kier molecular flexibility index (Phi) is 4.32. The van der Waals surface area contributed by atoms with Gasteiger partial charge in [-0.3, -0.25) is 10.1 Å². The molecule has 0 amide bonds. The molecular weight excluding hydrogens is 303 g/mol. The zero-order valence-electron chi connectivity index (χ0n) is 10.8. The summed E-state index contributed by atoms with van der Waals surface area (Å²) in [6, 6.07) is 2.29. The molecule has 0 saturated heterocycles. The molecule has 6 heteroatoms. The largest absolute Gasteiger partial charge is 0.376 e. The number of benzene rings is 1. The molecule has 18 heavy (non-hydrogen) atoms. The lowest BCUT2D eigenvalue weighted by atomic mass is 9.88. The van der Waals surface area contributed by atoms with Crippen LogP contribution >= 0.6 is 15.9 Å². The van der Waals surface area contributed by atoms with Crippen LogP contribution in [-0.2, 0) is 0 Å². The van der Waals surface area contributed by atoms with Gasteiger partial charge in [0.25, 0.3) is 5.69 Å². The van der Waals surface area contributed by atoms with Crippen LogP contribution in [0.15, 0.2) is 16.6 Å². The minimum atomic E-state index is -0.526. The van der Waals surface area contributed by atoms with Crippen molar-refractivity contribution in [2.24, 2.45) is 5.41 Å². The summed E-state index contributed by atoms with van der Waals surface area (Å²) in [7, 11) is 0. The van der Waals surface area contributed by atoms with Crippen molar-refractivity contribution in [2.45, 2.75) is 33.7 Å². The van der Waals surface area contributed by atoms with Gasteiger partial charge < -0.3 is 5.32 Å². The zero-order chi connectivity index (χ0) is 14.1. The molecule has 1 rings (SSSR count). The highest BCUT2D eigenvalue weighted by Crippen LogP contribution is 2.33. The zero-order valence-corrected chi connectivity index (χ0v) is 12.3. The number of halogens is 2. The van der Waals surface area contributed by atoms with Crippen molar-refractivity contribution in [3.63, 3.8) is 0 Å². The van der Waals surface area contributed by atoms with E-state index in [1.165, 1.54) is 6.07 Å². The summed E-state index contributed by atoms with van der Waals surface area (Å²) in [4.78, 5) is 10.4. The van der Waals surface area contributed by atoms with Gasteiger partial charge in [-0.2, -0.15) is 0 Å². The van der Waals surface area contributed by atoms with E-state index in [1.54, 1.807) is 0 Å². The molecule has 0 fully saturated rings. The van der Waals surface area contributed by atoms with Gasteiger partial charge in [0.2, 0.25) is 0 Å². The second kappa shape index (κ2) is 5.22. The molecule has 100 valence electrons. The molecule has 0 bridgehead atoms. The van der Waals surface area contributed by atoms with Gasteiger partial charge in [-0.15, -0.1) is 0 Å². The average Bonchev–Trinajstić information content (AvgIpc) is 2.21. The van der Waals surface area contributed by atoms with Gasteiger partial charge in [0, 0.05) is 18.2 Å². The third kappa shape index (κ3) is 3.41. The summed E-state index contributed by atoms with van der Waals surface area (Å²) < 4.78 is 13.5. The van der Waals surface area contributed by atoms with Gasteiger partial charge in [-0.05, 0) is 28.3 Å². The fourth-order valence-corrected chi connectivity index (χ4v) is 1.58. The van der Waals surface area contributed by atoms with Gasteiger partial charge in [0.05, 0.1) is 9.40 Å². The van der Waals surface area contributed by atoms with E-state index in [4.69, 9.17) is 0 Å². The lowest BCUT2D eigenvalue weighted by Crippen LogP contribution is -2.31. The first-order valence-corrected chi connectivity index (χ1v) is 6.32. The van der Waals surface area contributed by atoms with Crippen molar-refractivity contribution >= 4 is 27.3 Å². The summed E-state index contributed by atoms with van der Waals surface area (Å²) in [6.45, 7) is 7.92. The second-order valence-electron chi connectivity index (χ2n) is 5.27. The molecule has 0 aromatic heterocycles. The molecule has 1 atom stereocenters. The van der Waals surface area contributed by atoms with Crippen molar-refractivity contribution < 1.29 is 9.31 Å². The molecule has 0 saturated carbocycles. The molecule has 4 nitrogen and oxygen atoms in total. The summed E-state index contributed by atoms with van der Waals surface area (Å²) in [5, 5.41) is 13.9. The Morgan fingerprint density at radius 3 is 2.44 bits per heavy atom. The maximum absolute atomic E-state index is 13.5. The number of anilines is 1. The highest BCUT2D eigenvalue weighted by molar-refractivity contribution is 9.10. The Morgan fingerprint density at radius 2 is 2.00 bits per heavy atom. The van der Waals surface area contributed by atoms with Crippen LogP contribution in [0.5, 0.6) is 0 Å². The van der Waals surface area contributed by atoms with E-state index in [0.29, 0.717) is 0 Å². The Labute approximate surface area is 114 Å². The van der Waals surface area contributed by atoms with Gasteiger partial charge in [0.1, 0.15) is 11.5 Å². The van der Waals surface area contributed by atoms with Crippen LogP contribution in [0.2, 0.25) is 0 Å². The van der Waals surface area contributed by atoms with Crippen molar-refractivity contribution in [1.29, 1.82) is 0 Å². The van der Waals surface area contributed by atoms with E-state index >= 15 is 0 Å². The summed E-state index contributed by atoms with van der Waals surface area (Å²) in [5.74, 6) is -0.524. The molecule has 1 aromatic carbocycles. The van der Waals surface area contributed by atoms with Crippen molar-refractivity contribution in [3.8, 4) is 0 Å². The number of hydrogen-bond donors (Lipinski definition) is 1. The Balaban J connectivity index is 3.15. The van der Waals surface area contributed by atoms with Crippen molar-refractivity contribution in [2.75, 3.05) is 5.32 Å². The monoisotopic (exact) mass is 318 g/mol. The van der Waals surface area contributed by atoms with Crippen LogP contribution in [0, 0.1) is 21.3 Å². The third-order valence-electron chi connectivity index (χ3n) is 2.91. The van der Waals surface area contributed by atoms with E-state index < -0.39 is 10.7 Å². The fourth-order valence-electron chi connectivity index (χ4n) is 1.25. The van der Waals surface area contributed by atoms with Crippen LogP contribution in [0.1, 0.15) is 27.7 Å². The molecule has 1 unspecified atom stereocenters. The van der Waals surface area contributed by atoms with Crippen molar-refractivity contribution in [3.05, 3.63) is 32.5 Å². The summed E-state index contributed by atoms with van der Waals surface area (Å²) >= 11 is 2.95. The van der Waals surface area contributed by atoms with Crippen LogP contribution in [0.4, 0.5) is 15.8 Å². The summed E-state index contributed by atoms with van der Waals surface area (Å²) in [5.41, 5.74) is -0.0280. The van der Waals surface area contributed by atoms with Gasteiger partial charge in [-0.25, -0.2) is 4.39 Å². The maximum Gasteiger partial charge on any atom is 0.293 e. The number of nitrogens with one attached hydrogen (secondary N) is 1. The third-order valence-corrected chi connectivity index (χ3v) is 3.51. The highest BCUT2D eigenvalue weighted by Gasteiger charge is 2.24. The van der Waals surface area contributed by atoms with Crippen molar-refractivity contribution in [1.82, 2.24) is 0 Å². The SMILES string of the molecule is CC(Nc1cc(F)c(Br)cc1[N+](=O)[O-])C(C)(C)C. The first kappa shape index (κ1) is 14.9. The van der Waals surface area contributed by atoms with Gasteiger partial charge in [-0.1, -0.05) is 20.8 Å². The molecule has 1 aromatic rings. The van der Waals surface area contributed by atoms with E-state index in [0.717, 1.165) is 6.07 Å². The first-order valence-electron chi connectivity index (χ1n) is 5.53. The van der Waals surface area contributed by atoms with Crippen LogP contribution in [-0.4, -0.2) is 11.0 Å². The molecule has 0 heterocycles. The molecular formula is C12H16BrFN2O2. The number of nitro benzene ring substituents is 1. The number of nitrogens with zero attached hydrogens (tertiary/aromatic N) is 1. The van der Waals surface area contributed by atoms with Crippen LogP contribution in [0.25, 0.3) is 0 Å². The van der Waals surface area contributed by atoms with E-state index in [9.17, 15) is 14.5 Å². The average molecular weight is 319 g/mol. The maximum atomic E-state index is 13.5. The normalized spacial score (nSPS) is 13.2. The van der Waals surface area contributed by atoms with Gasteiger partial charge in [0.15, 0.2) is 0 Å². The molecule has 1 N–H and O–H groups in total. The number of nitro groups is 1. The van der Waals surface area contributed by atoms with Crippen LogP contribution in [0.3, 0.4) is 0 Å². The standard InChI is InChI=1S/C12H16BrFN2O2/c1-7(12(2,3)4)15-10-6-9(14)8(13)5-11(10)16(17)18/h5-7,15H,1-4H3. The smallest absolute Gasteiger partial charge is 0.293 e. The molecule has 0 spiro atoms.